The summed E-state index contributed by atoms with van der Waals surface area (Å²) in [5, 5.41) is 9.80. The van der Waals surface area contributed by atoms with Crippen LogP contribution in [0.5, 0.6) is 0 Å². The molecular weight excluding hydrogens is 455 g/mol. The van der Waals surface area contributed by atoms with Crippen molar-refractivity contribution in [1.82, 2.24) is 16.0 Å². The minimum Gasteiger partial charge on any atom is -0.373 e. The van der Waals surface area contributed by atoms with Gasteiger partial charge in [0, 0.05) is 24.7 Å². The topological polar surface area (TPSA) is 74.8 Å². The SMILES string of the molecule is CN=C(NCc1cccc(C(=O)NC(C)(C)C)c1)NC1CC2CCC1O2.I. The fourth-order valence-electron chi connectivity index (χ4n) is 3.58. The van der Waals surface area contributed by atoms with Crippen molar-refractivity contribution in [2.24, 2.45) is 4.99 Å². The molecule has 1 amide bonds. The molecule has 27 heavy (non-hydrogen) atoms. The van der Waals surface area contributed by atoms with Gasteiger partial charge in [-0.15, -0.1) is 24.0 Å². The summed E-state index contributed by atoms with van der Waals surface area (Å²) >= 11 is 0. The number of nitrogens with one attached hydrogen (secondary N) is 3. The van der Waals surface area contributed by atoms with E-state index in [4.69, 9.17) is 4.74 Å². The Hall–Kier alpha value is -1.35. The van der Waals surface area contributed by atoms with E-state index in [0.29, 0.717) is 30.4 Å². The molecule has 0 saturated carbocycles. The van der Waals surface area contributed by atoms with E-state index < -0.39 is 0 Å². The van der Waals surface area contributed by atoms with Crippen molar-refractivity contribution in [3.8, 4) is 0 Å². The van der Waals surface area contributed by atoms with Crippen LogP contribution in [0.1, 0.15) is 56.0 Å². The van der Waals surface area contributed by atoms with Gasteiger partial charge in [0.25, 0.3) is 5.91 Å². The number of halogens is 1. The number of guanidine groups is 1. The molecule has 3 rings (SSSR count). The van der Waals surface area contributed by atoms with Gasteiger partial charge in [0.2, 0.25) is 0 Å². The second-order valence-corrected chi connectivity index (χ2v) is 8.19. The Balaban J connectivity index is 0.00000261. The van der Waals surface area contributed by atoms with Crippen molar-refractivity contribution in [3.05, 3.63) is 35.4 Å². The van der Waals surface area contributed by atoms with Gasteiger partial charge in [-0.05, 0) is 57.7 Å². The number of carbonyl (C=O) groups is 1. The van der Waals surface area contributed by atoms with Crippen molar-refractivity contribution in [2.45, 2.75) is 70.4 Å². The number of amides is 1. The third-order valence-electron chi connectivity index (χ3n) is 4.79. The average Bonchev–Trinajstić information content (AvgIpc) is 3.20. The highest BCUT2D eigenvalue weighted by Gasteiger charge is 2.41. The van der Waals surface area contributed by atoms with Crippen LogP contribution in [0, 0.1) is 0 Å². The summed E-state index contributed by atoms with van der Waals surface area (Å²) in [5.41, 5.74) is 1.46. The molecule has 0 spiro atoms. The molecule has 2 aliphatic rings. The molecule has 2 fully saturated rings. The normalized spacial score (nSPS) is 24.3. The van der Waals surface area contributed by atoms with E-state index in [1.165, 1.54) is 6.42 Å². The molecule has 0 aliphatic carbocycles. The number of benzene rings is 1. The molecule has 0 radical (unpaired) electrons. The Morgan fingerprint density at radius 2 is 2.07 bits per heavy atom. The van der Waals surface area contributed by atoms with Crippen LogP contribution in [0.2, 0.25) is 0 Å². The highest BCUT2D eigenvalue weighted by Crippen LogP contribution is 2.34. The number of carbonyl (C=O) groups excluding carboxylic acids is 1. The monoisotopic (exact) mass is 486 g/mol. The molecule has 0 aromatic heterocycles. The number of rotatable bonds is 4. The van der Waals surface area contributed by atoms with Crippen LogP contribution < -0.4 is 16.0 Å². The largest absolute Gasteiger partial charge is 0.373 e. The fraction of sp³-hybridized carbons (Fsp3) is 0.600. The van der Waals surface area contributed by atoms with E-state index in [1.54, 1.807) is 7.05 Å². The molecule has 2 heterocycles. The van der Waals surface area contributed by atoms with Crippen LogP contribution >= 0.6 is 24.0 Å². The maximum atomic E-state index is 12.3. The van der Waals surface area contributed by atoms with E-state index >= 15 is 0 Å². The summed E-state index contributed by atoms with van der Waals surface area (Å²) in [6.07, 6.45) is 4.08. The van der Waals surface area contributed by atoms with Crippen molar-refractivity contribution < 1.29 is 9.53 Å². The number of nitrogens with zero attached hydrogens (tertiary/aromatic N) is 1. The number of hydrogen-bond donors (Lipinski definition) is 3. The van der Waals surface area contributed by atoms with Crippen molar-refractivity contribution in [3.63, 3.8) is 0 Å². The van der Waals surface area contributed by atoms with Gasteiger partial charge in [-0.1, -0.05) is 12.1 Å². The van der Waals surface area contributed by atoms with Gasteiger partial charge < -0.3 is 20.7 Å². The van der Waals surface area contributed by atoms with E-state index in [1.807, 2.05) is 45.0 Å². The number of aliphatic imine (C=N–C) groups is 1. The van der Waals surface area contributed by atoms with Crippen LogP contribution in [-0.2, 0) is 11.3 Å². The molecule has 2 aliphatic heterocycles. The van der Waals surface area contributed by atoms with Gasteiger partial charge in [-0.2, -0.15) is 0 Å². The Labute approximate surface area is 178 Å². The quantitative estimate of drug-likeness (QED) is 0.348. The Bertz CT molecular complexity index is 687. The van der Waals surface area contributed by atoms with E-state index in [-0.39, 0.29) is 35.4 Å². The molecule has 2 bridgehead atoms. The van der Waals surface area contributed by atoms with Gasteiger partial charge in [0.05, 0.1) is 18.2 Å². The zero-order valence-corrected chi connectivity index (χ0v) is 18.9. The van der Waals surface area contributed by atoms with Crippen LogP contribution in [0.15, 0.2) is 29.3 Å². The predicted octanol–water partition coefficient (Wildman–Crippen LogP) is 2.82. The third-order valence-corrected chi connectivity index (χ3v) is 4.79. The van der Waals surface area contributed by atoms with Gasteiger partial charge in [-0.25, -0.2) is 0 Å². The summed E-state index contributed by atoms with van der Waals surface area (Å²) < 4.78 is 5.89. The average molecular weight is 486 g/mol. The zero-order chi connectivity index (χ0) is 18.7. The summed E-state index contributed by atoms with van der Waals surface area (Å²) in [6, 6.07) is 8.01. The highest BCUT2D eigenvalue weighted by molar-refractivity contribution is 14.0. The van der Waals surface area contributed by atoms with Crippen LogP contribution in [0.4, 0.5) is 0 Å². The van der Waals surface area contributed by atoms with Crippen LogP contribution in [0.3, 0.4) is 0 Å². The number of ether oxygens (including phenoxy) is 1. The molecule has 1 aromatic carbocycles. The van der Waals surface area contributed by atoms with E-state index in [0.717, 1.165) is 24.4 Å². The lowest BCUT2D eigenvalue weighted by atomic mass is 9.96. The highest BCUT2D eigenvalue weighted by atomic mass is 127. The molecule has 2 saturated heterocycles. The molecular formula is C20H31IN4O2. The third kappa shape index (κ3) is 6.07. The van der Waals surface area contributed by atoms with Gasteiger partial charge >= 0.3 is 0 Å². The lowest BCUT2D eigenvalue weighted by Crippen LogP contribution is -2.47. The minimum atomic E-state index is -0.250. The maximum Gasteiger partial charge on any atom is 0.251 e. The second-order valence-electron chi connectivity index (χ2n) is 8.19. The first-order chi connectivity index (χ1) is 12.3. The lowest BCUT2D eigenvalue weighted by Gasteiger charge is -2.23. The summed E-state index contributed by atoms with van der Waals surface area (Å²) in [4.78, 5) is 16.6. The molecule has 3 atom stereocenters. The van der Waals surface area contributed by atoms with Crippen molar-refractivity contribution >= 4 is 35.8 Å². The maximum absolute atomic E-state index is 12.3. The van der Waals surface area contributed by atoms with E-state index in [2.05, 4.69) is 20.9 Å². The van der Waals surface area contributed by atoms with Crippen molar-refractivity contribution in [1.29, 1.82) is 0 Å². The summed E-state index contributed by atoms with van der Waals surface area (Å²) in [6.45, 7) is 6.54. The number of fused-ring (bicyclic) bond motifs is 2. The molecule has 6 nitrogen and oxygen atoms in total. The Morgan fingerprint density at radius 1 is 1.30 bits per heavy atom. The van der Waals surface area contributed by atoms with Gasteiger partial charge in [0.1, 0.15) is 0 Å². The second kappa shape index (κ2) is 9.23. The predicted molar refractivity (Wildman–Crippen MR) is 119 cm³/mol. The summed E-state index contributed by atoms with van der Waals surface area (Å²) in [5.74, 6) is 0.719. The Kier molecular flexibility index (Phi) is 7.50. The van der Waals surface area contributed by atoms with Crippen LogP contribution in [-0.4, -0.2) is 42.7 Å². The molecule has 150 valence electrons. The standard InChI is InChI=1S/C20H30N4O2.HI/c1-20(2,3)24-18(25)14-7-5-6-13(10-14)12-22-19(21-4)23-16-11-15-8-9-17(16)26-15;/h5-7,10,15-17H,8-9,11-12H2,1-4H3,(H,24,25)(H2,21,22,23);1H. The smallest absolute Gasteiger partial charge is 0.251 e. The van der Waals surface area contributed by atoms with Gasteiger partial charge in [0.15, 0.2) is 5.96 Å². The molecule has 3 N–H and O–H groups in total. The Morgan fingerprint density at radius 3 is 2.67 bits per heavy atom. The zero-order valence-electron chi connectivity index (χ0n) is 16.5. The van der Waals surface area contributed by atoms with E-state index in [9.17, 15) is 4.79 Å². The summed E-state index contributed by atoms with van der Waals surface area (Å²) in [7, 11) is 1.77. The van der Waals surface area contributed by atoms with Gasteiger partial charge in [-0.3, -0.25) is 9.79 Å². The molecule has 1 aromatic rings. The fourth-order valence-corrected chi connectivity index (χ4v) is 3.58. The molecule has 3 unspecified atom stereocenters. The van der Waals surface area contributed by atoms with Crippen LogP contribution in [0.25, 0.3) is 0 Å². The minimum absolute atomic E-state index is 0. The lowest BCUT2D eigenvalue weighted by molar-refractivity contribution is 0.0919. The molecule has 7 heteroatoms. The first-order valence-electron chi connectivity index (χ1n) is 9.38. The first kappa shape index (κ1) is 21.9. The van der Waals surface area contributed by atoms with Crippen molar-refractivity contribution in [2.75, 3.05) is 7.05 Å². The number of hydrogen-bond acceptors (Lipinski definition) is 3. The first-order valence-corrected chi connectivity index (χ1v) is 9.38.